The Morgan fingerprint density at radius 3 is 2.19 bits per heavy atom. The van der Waals surface area contributed by atoms with Gasteiger partial charge in [0.2, 0.25) is 0 Å². The Hall–Kier alpha value is -0.340. The molecule has 0 aliphatic heterocycles. The van der Waals surface area contributed by atoms with Crippen LogP contribution in [0.2, 0.25) is 0 Å². The lowest BCUT2D eigenvalue weighted by atomic mass is 9.93. The lowest BCUT2D eigenvalue weighted by Gasteiger charge is -2.18. The molecule has 1 aliphatic rings. The van der Waals surface area contributed by atoms with Crippen LogP contribution in [0.5, 0.6) is 0 Å². The van der Waals surface area contributed by atoms with E-state index in [1.807, 2.05) is 13.8 Å². The zero-order valence-electron chi connectivity index (χ0n) is 18.4. The van der Waals surface area contributed by atoms with Crippen molar-refractivity contribution in [2.45, 2.75) is 130 Å². The van der Waals surface area contributed by atoms with Crippen LogP contribution >= 0.6 is 0 Å². The van der Waals surface area contributed by atoms with Crippen molar-refractivity contribution in [3.8, 4) is 0 Å². The molecule has 2 heteroatoms. The van der Waals surface area contributed by atoms with Crippen molar-refractivity contribution in [3.05, 3.63) is 11.6 Å². The van der Waals surface area contributed by atoms with E-state index in [9.17, 15) is 5.11 Å². The molecular weight excluding hydrogens is 320 g/mol. The zero-order chi connectivity index (χ0) is 19.7. The van der Waals surface area contributed by atoms with Gasteiger partial charge in [-0.15, -0.1) is 0 Å². The predicted octanol–water partition coefficient (Wildman–Crippen LogP) is 7.18. The highest BCUT2D eigenvalue weighted by molar-refractivity contribution is 5.04. The summed E-state index contributed by atoms with van der Waals surface area (Å²) in [7, 11) is 0. The van der Waals surface area contributed by atoms with E-state index in [-0.39, 0.29) is 0 Å². The van der Waals surface area contributed by atoms with Crippen molar-refractivity contribution in [1.29, 1.82) is 0 Å². The number of rotatable bonds is 13. The van der Waals surface area contributed by atoms with Crippen molar-refractivity contribution in [3.63, 3.8) is 0 Å². The van der Waals surface area contributed by atoms with E-state index in [2.05, 4.69) is 19.9 Å². The van der Waals surface area contributed by atoms with Crippen molar-refractivity contribution in [2.75, 3.05) is 6.61 Å². The molecule has 0 amide bonds. The van der Waals surface area contributed by atoms with E-state index >= 15 is 0 Å². The highest BCUT2D eigenvalue weighted by Crippen LogP contribution is 2.23. The van der Waals surface area contributed by atoms with Crippen LogP contribution in [0.3, 0.4) is 0 Å². The first kappa shape index (κ1) is 25.7. The molecule has 0 radical (unpaired) electrons. The molecule has 2 nitrogen and oxygen atoms in total. The standard InChI is InChI=1S/C12H22O.C12H26O/c1-12(2,13)10-6-9-11-7-4-3-5-8-11;1-3-4-5-6-7-8-9-10-12(2)11-13/h7,13H,3-6,8-10H2,1-2H3;12-13H,3-11H2,1-2H3. The van der Waals surface area contributed by atoms with E-state index in [0.29, 0.717) is 12.5 Å². The Labute approximate surface area is 164 Å². The number of unbranched alkanes of at least 4 members (excludes halogenated alkanes) is 6. The minimum Gasteiger partial charge on any atom is -0.396 e. The number of aliphatic hydroxyl groups excluding tert-OH is 1. The summed E-state index contributed by atoms with van der Waals surface area (Å²) in [6.07, 6.45) is 21.7. The van der Waals surface area contributed by atoms with Crippen LogP contribution in [-0.4, -0.2) is 22.4 Å². The SMILES string of the molecule is CC(C)(O)CCCC1=CCCCC1.CCCCCCCCCC(C)CO. The molecule has 0 saturated carbocycles. The van der Waals surface area contributed by atoms with Gasteiger partial charge < -0.3 is 10.2 Å². The van der Waals surface area contributed by atoms with Crippen LogP contribution in [0.25, 0.3) is 0 Å². The molecule has 0 bridgehead atoms. The van der Waals surface area contributed by atoms with Gasteiger partial charge in [0.25, 0.3) is 0 Å². The fraction of sp³-hybridized carbons (Fsp3) is 0.917. The number of hydrogen-bond donors (Lipinski definition) is 2. The molecule has 1 aliphatic carbocycles. The smallest absolute Gasteiger partial charge is 0.0591 e. The van der Waals surface area contributed by atoms with Gasteiger partial charge in [0.05, 0.1) is 5.60 Å². The summed E-state index contributed by atoms with van der Waals surface area (Å²) in [5.41, 5.74) is 1.14. The van der Waals surface area contributed by atoms with Crippen LogP contribution in [-0.2, 0) is 0 Å². The first-order chi connectivity index (χ1) is 12.4. The van der Waals surface area contributed by atoms with Gasteiger partial charge in [-0.05, 0) is 71.1 Å². The first-order valence-electron chi connectivity index (χ1n) is 11.4. The summed E-state index contributed by atoms with van der Waals surface area (Å²) in [6, 6.07) is 0. The van der Waals surface area contributed by atoms with Gasteiger partial charge in [-0.1, -0.05) is 70.4 Å². The fourth-order valence-corrected chi connectivity index (χ4v) is 3.42. The topological polar surface area (TPSA) is 40.5 Å². The van der Waals surface area contributed by atoms with E-state index in [4.69, 9.17) is 5.11 Å². The molecule has 1 atom stereocenters. The molecule has 0 heterocycles. The van der Waals surface area contributed by atoms with E-state index < -0.39 is 5.60 Å². The second-order valence-electron chi connectivity index (χ2n) is 8.97. The largest absolute Gasteiger partial charge is 0.396 e. The molecule has 1 rings (SSSR count). The fourth-order valence-electron chi connectivity index (χ4n) is 3.42. The van der Waals surface area contributed by atoms with Crippen molar-refractivity contribution < 1.29 is 10.2 Å². The van der Waals surface area contributed by atoms with Gasteiger partial charge in [-0.2, -0.15) is 0 Å². The van der Waals surface area contributed by atoms with E-state index in [1.54, 1.807) is 5.57 Å². The summed E-state index contributed by atoms with van der Waals surface area (Å²) in [5, 5.41) is 18.3. The second-order valence-corrected chi connectivity index (χ2v) is 8.97. The highest BCUT2D eigenvalue weighted by Gasteiger charge is 2.12. The average Bonchev–Trinajstić information content (AvgIpc) is 2.61. The number of aliphatic hydroxyl groups is 2. The molecule has 0 saturated heterocycles. The van der Waals surface area contributed by atoms with Crippen LogP contribution in [0.4, 0.5) is 0 Å². The van der Waals surface area contributed by atoms with Crippen molar-refractivity contribution in [1.82, 2.24) is 0 Å². The van der Waals surface area contributed by atoms with Crippen LogP contribution in [0.1, 0.15) is 124 Å². The van der Waals surface area contributed by atoms with Crippen LogP contribution in [0.15, 0.2) is 11.6 Å². The summed E-state index contributed by atoms with van der Waals surface area (Å²) >= 11 is 0. The molecule has 1 unspecified atom stereocenters. The number of hydrogen-bond acceptors (Lipinski definition) is 2. The lowest BCUT2D eigenvalue weighted by molar-refractivity contribution is 0.0688. The molecule has 26 heavy (non-hydrogen) atoms. The highest BCUT2D eigenvalue weighted by atomic mass is 16.3. The normalized spacial score (nSPS) is 15.8. The van der Waals surface area contributed by atoms with E-state index in [1.165, 1.54) is 83.5 Å². The Bertz CT molecular complexity index is 328. The second kappa shape index (κ2) is 16.8. The maximum Gasteiger partial charge on any atom is 0.0591 e. The first-order valence-corrected chi connectivity index (χ1v) is 11.4. The molecule has 0 aromatic heterocycles. The van der Waals surface area contributed by atoms with Gasteiger partial charge >= 0.3 is 0 Å². The Morgan fingerprint density at radius 1 is 1.00 bits per heavy atom. The molecule has 0 spiro atoms. The molecule has 0 aromatic carbocycles. The van der Waals surface area contributed by atoms with Crippen LogP contribution in [0, 0.1) is 5.92 Å². The minimum atomic E-state index is -0.477. The van der Waals surface area contributed by atoms with Crippen molar-refractivity contribution in [2.24, 2.45) is 5.92 Å². The number of allylic oxidation sites excluding steroid dienone is 2. The molecule has 156 valence electrons. The third-order valence-corrected chi connectivity index (χ3v) is 5.28. The maximum atomic E-state index is 9.53. The minimum absolute atomic E-state index is 0.357. The molecule has 0 aromatic rings. The van der Waals surface area contributed by atoms with Gasteiger partial charge in [-0.3, -0.25) is 0 Å². The summed E-state index contributed by atoms with van der Waals surface area (Å²) < 4.78 is 0. The van der Waals surface area contributed by atoms with Gasteiger partial charge in [0.1, 0.15) is 0 Å². The summed E-state index contributed by atoms with van der Waals surface area (Å²) in [5.74, 6) is 0.510. The molecule has 0 fully saturated rings. The predicted molar refractivity (Wildman–Crippen MR) is 116 cm³/mol. The van der Waals surface area contributed by atoms with Gasteiger partial charge in [0.15, 0.2) is 0 Å². The summed E-state index contributed by atoms with van der Waals surface area (Å²) in [6.45, 7) is 8.51. The Kier molecular flexibility index (Phi) is 16.6. The van der Waals surface area contributed by atoms with Crippen LogP contribution < -0.4 is 0 Å². The lowest BCUT2D eigenvalue weighted by Crippen LogP contribution is -2.17. The monoisotopic (exact) mass is 368 g/mol. The van der Waals surface area contributed by atoms with E-state index in [0.717, 1.165) is 12.8 Å². The average molecular weight is 369 g/mol. The Balaban J connectivity index is 0.000000481. The quantitative estimate of drug-likeness (QED) is 0.267. The van der Waals surface area contributed by atoms with Gasteiger partial charge in [-0.25, -0.2) is 0 Å². The van der Waals surface area contributed by atoms with Gasteiger partial charge in [0, 0.05) is 6.61 Å². The van der Waals surface area contributed by atoms with Crippen molar-refractivity contribution >= 4 is 0 Å². The molecule has 2 N–H and O–H groups in total. The summed E-state index contributed by atoms with van der Waals surface area (Å²) in [4.78, 5) is 0. The molecular formula is C24H48O2. The maximum absolute atomic E-state index is 9.53. The third kappa shape index (κ3) is 18.5. The zero-order valence-corrected chi connectivity index (χ0v) is 18.4. The third-order valence-electron chi connectivity index (χ3n) is 5.28. The Morgan fingerprint density at radius 2 is 1.65 bits per heavy atom.